The van der Waals surface area contributed by atoms with Crippen molar-refractivity contribution in [2.45, 2.75) is 25.8 Å². The highest BCUT2D eigenvalue weighted by Crippen LogP contribution is 2.31. The van der Waals surface area contributed by atoms with Gasteiger partial charge in [-0.2, -0.15) is 0 Å². The number of benzene rings is 2. The van der Waals surface area contributed by atoms with Gasteiger partial charge in [0, 0.05) is 48.2 Å². The number of anilines is 2. The Morgan fingerprint density at radius 3 is 2.80 bits per heavy atom. The number of nitrogens with zero attached hydrogens (tertiary/aromatic N) is 2. The van der Waals surface area contributed by atoms with Crippen molar-refractivity contribution in [3.8, 4) is 5.75 Å². The molecule has 7 heteroatoms. The Bertz CT molecular complexity index is 1040. The van der Waals surface area contributed by atoms with Crippen LogP contribution < -0.4 is 20.3 Å². The minimum absolute atomic E-state index is 0.341. The molecule has 156 valence electrons. The quantitative estimate of drug-likeness (QED) is 0.529. The summed E-state index contributed by atoms with van der Waals surface area (Å²) < 4.78 is 5.55. The zero-order valence-electron chi connectivity index (χ0n) is 16.9. The molecule has 1 aliphatic rings. The third-order valence-electron chi connectivity index (χ3n) is 5.27. The lowest BCUT2D eigenvalue weighted by Crippen LogP contribution is -2.46. The molecule has 3 aromatic rings. The fourth-order valence-corrected chi connectivity index (χ4v) is 4.36. The highest BCUT2D eigenvalue weighted by atomic mass is 35.5. The summed E-state index contributed by atoms with van der Waals surface area (Å²) in [7, 11) is 0. The first-order valence-electron chi connectivity index (χ1n) is 10.2. The van der Waals surface area contributed by atoms with Gasteiger partial charge in [-0.25, -0.2) is 0 Å². The van der Waals surface area contributed by atoms with Crippen molar-refractivity contribution in [1.29, 1.82) is 0 Å². The van der Waals surface area contributed by atoms with Crippen LogP contribution in [0, 0.1) is 0 Å². The van der Waals surface area contributed by atoms with Gasteiger partial charge in [0.15, 0.2) is 5.11 Å². The molecule has 1 aliphatic heterocycles. The maximum atomic E-state index is 6.32. The largest absolute Gasteiger partial charge is 0.494 e. The number of thiocarbonyl (C=S) groups is 1. The molecular formula is C23H25ClN4OS. The maximum Gasteiger partial charge on any atom is 0.170 e. The average molecular weight is 441 g/mol. The van der Waals surface area contributed by atoms with Gasteiger partial charge < -0.3 is 20.3 Å². The highest BCUT2D eigenvalue weighted by Gasteiger charge is 2.21. The first-order chi connectivity index (χ1) is 14.6. The van der Waals surface area contributed by atoms with Gasteiger partial charge in [-0.3, -0.25) is 4.98 Å². The molecule has 0 amide bonds. The Hall–Kier alpha value is -2.57. The summed E-state index contributed by atoms with van der Waals surface area (Å²) >= 11 is 11.8. The Balaban J connectivity index is 1.34. The number of rotatable bonds is 5. The fraction of sp³-hybridized carbons (Fsp3) is 0.304. The maximum absolute atomic E-state index is 6.32. The number of para-hydroxylation sites is 1. The van der Waals surface area contributed by atoms with Gasteiger partial charge in [-0.15, -0.1) is 0 Å². The van der Waals surface area contributed by atoms with Gasteiger partial charge >= 0.3 is 0 Å². The molecule has 2 N–H and O–H groups in total. The predicted octanol–water partition coefficient (Wildman–Crippen LogP) is 5.24. The SMILES string of the molecule is CCOc1cccc(NC(=S)NC2CCN(c3ccnc4c(Cl)cccc34)CC2)c1. The summed E-state index contributed by atoms with van der Waals surface area (Å²) in [5, 5.41) is 9.15. The molecule has 0 radical (unpaired) electrons. The van der Waals surface area contributed by atoms with Crippen molar-refractivity contribution >= 4 is 51.2 Å². The fourth-order valence-electron chi connectivity index (χ4n) is 3.85. The number of pyridine rings is 1. The van der Waals surface area contributed by atoms with Crippen LogP contribution in [0.5, 0.6) is 5.75 Å². The van der Waals surface area contributed by atoms with Gasteiger partial charge in [0.25, 0.3) is 0 Å². The minimum Gasteiger partial charge on any atom is -0.494 e. The third kappa shape index (κ3) is 4.77. The van der Waals surface area contributed by atoms with E-state index in [2.05, 4.69) is 32.7 Å². The Kier molecular flexibility index (Phi) is 6.55. The van der Waals surface area contributed by atoms with Crippen LogP contribution in [-0.2, 0) is 0 Å². The zero-order valence-corrected chi connectivity index (χ0v) is 18.5. The molecule has 0 unspecified atom stereocenters. The van der Waals surface area contributed by atoms with Crippen molar-refractivity contribution in [3.05, 3.63) is 59.8 Å². The second-order valence-corrected chi connectivity index (χ2v) is 8.10. The smallest absolute Gasteiger partial charge is 0.170 e. The number of fused-ring (bicyclic) bond motifs is 1. The monoisotopic (exact) mass is 440 g/mol. The predicted molar refractivity (Wildman–Crippen MR) is 129 cm³/mol. The summed E-state index contributed by atoms with van der Waals surface area (Å²) in [6.07, 6.45) is 3.85. The molecule has 1 aromatic heterocycles. The Morgan fingerprint density at radius 1 is 1.20 bits per heavy atom. The van der Waals surface area contributed by atoms with E-state index in [-0.39, 0.29) is 0 Å². The van der Waals surface area contributed by atoms with Crippen LogP contribution >= 0.6 is 23.8 Å². The molecule has 2 heterocycles. The standard InChI is InChI=1S/C23H25ClN4OS/c1-2-29-18-6-3-5-17(15-18)27-23(30)26-16-10-13-28(14-11-16)21-9-12-25-22-19(21)7-4-8-20(22)24/h3-9,12,15-16H,2,10-11,13-14H2,1H3,(H2,26,27,30). The highest BCUT2D eigenvalue weighted by molar-refractivity contribution is 7.80. The van der Waals surface area contributed by atoms with E-state index >= 15 is 0 Å². The summed E-state index contributed by atoms with van der Waals surface area (Å²) in [5.41, 5.74) is 2.97. The second kappa shape index (κ2) is 9.49. The van der Waals surface area contributed by atoms with Crippen LogP contribution in [0.15, 0.2) is 54.7 Å². The first-order valence-corrected chi connectivity index (χ1v) is 11.0. The molecule has 2 aromatic carbocycles. The molecule has 0 bridgehead atoms. The van der Waals surface area contributed by atoms with E-state index in [0.717, 1.165) is 48.3 Å². The molecular weight excluding hydrogens is 416 g/mol. The summed E-state index contributed by atoms with van der Waals surface area (Å²) in [6.45, 7) is 4.52. The van der Waals surface area contributed by atoms with Crippen LogP contribution in [0.1, 0.15) is 19.8 Å². The van der Waals surface area contributed by atoms with Crippen molar-refractivity contribution in [2.24, 2.45) is 0 Å². The normalized spacial score (nSPS) is 14.5. The van der Waals surface area contributed by atoms with Gasteiger partial charge in [-0.1, -0.05) is 29.8 Å². The van der Waals surface area contributed by atoms with Crippen molar-refractivity contribution in [3.63, 3.8) is 0 Å². The molecule has 0 spiro atoms. The van der Waals surface area contributed by atoms with Crippen molar-refractivity contribution in [1.82, 2.24) is 10.3 Å². The van der Waals surface area contributed by atoms with Gasteiger partial charge in [-0.05, 0) is 56.2 Å². The third-order valence-corrected chi connectivity index (χ3v) is 5.80. The lowest BCUT2D eigenvalue weighted by Gasteiger charge is -2.35. The van der Waals surface area contributed by atoms with Crippen LogP contribution in [-0.4, -0.2) is 35.8 Å². The van der Waals surface area contributed by atoms with E-state index in [1.807, 2.05) is 49.5 Å². The Morgan fingerprint density at radius 2 is 2.00 bits per heavy atom. The van der Waals surface area contributed by atoms with Crippen molar-refractivity contribution < 1.29 is 4.74 Å². The number of piperidine rings is 1. The van der Waals surface area contributed by atoms with Gasteiger partial charge in [0.2, 0.25) is 0 Å². The number of halogens is 1. The van der Waals surface area contributed by atoms with Crippen LogP contribution in [0.3, 0.4) is 0 Å². The molecule has 5 nitrogen and oxygen atoms in total. The number of nitrogens with one attached hydrogen (secondary N) is 2. The van der Waals surface area contributed by atoms with Crippen LogP contribution in [0.4, 0.5) is 11.4 Å². The van der Waals surface area contributed by atoms with E-state index in [9.17, 15) is 0 Å². The lowest BCUT2D eigenvalue weighted by molar-refractivity contribution is 0.340. The molecule has 4 rings (SSSR count). The first kappa shape index (κ1) is 20.7. The van der Waals surface area contributed by atoms with E-state index in [1.54, 1.807) is 0 Å². The van der Waals surface area contributed by atoms with Gasteiger partial charge in [0.05, 0.1) is 17.1 Å². The van der Waals surface area contributed by atoms with Crippen molar-refractivity contribution in [2.75, 3.05) is 29.9 Å². The summed E-state index contributed by atoms with van der Waals surface area (Å²) in [4.78, 5) is 6.85. The molecule has 0 atom stereocenters. The molecule has 30 heavy (non-hydrogen) atoms. The van der Waals surface area contributed by atoms with E-state index in [0.29, 0.717) is 22.8 Å². The number of ether oxygens (including phenoxy) is 1. The number of hydrogen-bond donors (Lipinski definition) is 2. The summed E-state index contributed by atoms with van der Waals surface area (Å²) in [6, 6.07) is 16.2. The van der Waals surface area contributed by atoms with Crippen LogP contribution in [0.2, 0.25) is 5.02 Å². The molecule has 1 saturated heterocycles. The number of hydrogen-bond acceptors (Lipinski definition) is 4. The minimum atomic E-state index is 0.341. The Labute approximate surface area is 187 Å². The van der Waals surface area contributed by atoms with E-state index in [1.165, 1.54) is 5.69 Å². The lowest BCUT2D eigenvalue weighted by atomic mass is 10.0. The summed E-state index contributed by atoms with van der Waals surface area (Å²) in [5.74, 6) is 0.836. The molecule has 0 aliphatic carbocycles. The molecule has 1 fully saturated rings. The average Bonchev–Trinajstić information content (AvgIpc) is 2.75. The van der Waals surface area contributed by atoms with Gasteiger partial charge in [0.1, 0.15) is 5.75 Å². The topological polar surface area (TPSA) is 49.4 Å². The zero-order chi connectivity index (χ0) is 20.9. The van der Waals surface area contributed by atoms with Crippen LogP contribution in [0.25, 0.3) is 10.9 Å². The van der Waals surface area contributed by atoms with E-state index in [4.69, 9.17) is 28.6 Å². The second-order valence-electron chi connectivity index (χ2n) is 7.29. The molecule has 0 saturated carbocycles. The van der Waals surface area contributed by atoms with E-state index < -0.39 is 0 Å². The number of aromatic nitrogens is 1.